The third kappa shape index (κ3) is 2.15. The highest BCUT2D eigenvalue weighted by Crippen LogP contribution is 2.18. The summed E-state index contributed by atoms with van der Waals surface area (Å²) in [5, 5.41) is 0. The lowest BCUT2D eigenvalue weighted by molar-refractivity contribution is 0.496. The minimum absolute atomic E-state index is 0.306. The molecule has 0 aromatic carbocycles. The van der Waals surface area contributed by atoms with E-state index in [1.165, 1.54) is 6.42 Å². The molecule has 1 aromatic heterocycles. The highest BCUT2D eigenvalue weighted by Gasteiger charge is 2.20. The fraction of sp³-hybridized carbons (Fsp3) is 0.727. The molecule has 2 rings (SSSR count). The zero-order valence-corrected chi connectivity index (χ0v) is 9.61. The summed E-state index contributed by atoms with van der Waals surface area (Å²) in [5.74, 6) is 1.07. The van der Waals surface area contributed by atoms with Gasteiger partial charge in [-0.1, -0.05) is 6.92 Å². The van der Waals surface area contributed by atoms with Crippen molar-refractivity contribution in [2.75, 3.05) is 18.0 Å². The van der Waals surface area contributed by atoms with Crippen molar-refractivity contribution >= 4 is 5.95 Å². The van der Waals surface area contributed by atoms with E-state index in [0.717, 1.165) is 37.6 Å². The van der Waals surface area contributed by atoms with E-state index in [0.29, 0.717) is 6.04 Å². The van der Waals surface area contributed by atoms with Crippen molar-refractivity contribution in [1.29, 1.82) is 0 Å². The van der Waals surface area contributed by atoms with Crippen LogP contribution in [0.2, 0.25) is 0 Å². The predicted molar refractivity (Wildman–Crippen MR) is 62.0 cm³/mol. The van der Waals surface area contributed by atoms with Gasteiger partial charge in [0.25, 0.3) is 0 Å². The molecule has 1 unspecified atom stereocenters. The number of anilines is 1. The fourth-order valence-corrected chi connectivity index (χ4v) is 2.17. The van der Waals surface area contributed by atoms with Crippen LogP contribution in [0.4, 0.5) is 5.95 Å². The summed E-state index contributed by atoms with van der Waals surface area (Å²) in [7, 11) is 2.06. The van der Waals surface area contributed by atoms with Crippen LogP contribution in [0.3, 0.4) is 0 Å². The van der Waals surface area contributed by atoms with E-state index < -0.39 is 0 Å². The summed E-state index contributed by atoms with van der Waals surface area (Å²) in [5.41, 5.74) is 7.13. The molecule has 84 valence electrons. The molecule has 2 N–H and O–H groups in total. The van der Waals surface area contributed by atoms with Gasteiger partial charge in [0.1, 0.15) is 0 Å². The lowest BCUT2D eigenvalue weighted by Gasteiger charge is -2.31. The first-order chi connectivity index (χ1) is 7.20. The van der Waals surface area contributed by atoms with Crippen molar-refractivity contribution in [1.82, 2.24) is 9.55 Å². The normalized spacial score (nSPS) is 22.1. The molecule has 1 atom stereocenters. The topological polar surface area (TPSA) is 47.1 Å². The van der Waals surface area contributed by atoms with E-state index in [9.17, 15) is 0 Å². The Hall–Kier alpha value is -1.03. The Morgan fingerprint density at radius 3 is 3.00 bits per heavy atom. The highest BCUT2D eigenvalue weighted by atomic mass is 15.3. The van der Waals surface area contributed by atoms with E-state index in [1.54, 1.807) is 0 Å². The SMILES string of the molecule is CCc1cn(C)c(N2CCCC(N)C2)n1. The Kier molecular flexibility index (Phi) is 2.95. The Morgan fingerprint density at radius 1 is 1.60 bits per heavy atom. The number of aromatic nitrogens is 2. The predicted octanol–water partition coefficient (Wildman–Crippen LogP) is 0.910. The number of rotatable bonds is 2. The Balaban J connectivity index is 2.16. The summed E-state index contributed by atoms with van der Waals surface area (Å²) < 4.78 is 2.11. The molecular weight excluding hydrogens is 188 g/mol. The van der Waals surface area contributed by atoms with Crippen LogP contribution in [-0.4, -0.2) is 28.7 Å². The highest BCUT2D eigenvalue weighted by molar-refractivity contribution is 5.34. The van der Waals surface area contributed by atoms with Crippen molar-refractivity contribution < 1.29 is 0 Å². The van der Waals surface area contributed by atoms with E-state index in [4.69, 9.17) is 5.73 Å². The maximum Gasteiger partial charge on any atom is 0.205 e. The summed E-state index contributed by atoms with van der Waals surface area (Å²) in [6.07, 6.45) is 5.42. The van der Waals surface area contributed by atoms with Crippen LogP contribution in [-0.2, 0) is 13.5 Å². The molecule has 0 amide bonds. The van der Waals surface area contributed by atoms with Crippen LogP contribution >= 0.6 is 0 Å². The zero-order valence-electron chi connectivity index (χ0n) is 9.61. The first-order valence-electron chi connectivity index (χ1n) is 5.73. The lowest BCUT2D eigenvalue weighted by Crippen LogP contribution is -2.43. The summed E-state index contributed by atoms with van der Waals surface area (Å²) in [6.45, 7) is 4.16. The number of piperidine rings is 1. The van der Waals surface area contributed by atoms with Gasteiger partial charge < -0.3 is 15.2 Å². The van der Waals surface area contributed by atoms with Gasteiger partial charge in [-0.05, 0) is 19.3 Å². The number of imidazole rings is 1. The third-order valence-electron chi connectivity index (χ3n) is 3.00. The van der Waals surface area contributed by atoms with Gasteiger partial charge in [-0.15, -0.1) is 0 Å². The van der Waals surface area contributed by atoms with Crippen LogP contribution in [0.15, 0.2) is 6.20 Å². The second-order valence-corrected chi connectivity index (χ2v) is 4.35. The lowest BCUT2D eigenvalue weighted by atomic mass is 10.1. The van der Waals surface area contributed by atoms with Gasteiger partial charge in [0.05, 0.1) is 5.69 Å². The van der Waals surface area contributed by atoms with Crippen molar-refractivity contribution in [3.8, 4) is 0 Å². The molecule has 1 aromatic rings. The summed E-state index contributed by atoms with van der Waals surface area (Å²) >= 11 is 0. The van der Waals surface area contributed by atoms with E-state index in [1.807, 2.05) is 0 Å². The van der Waals surface area contributed by atoms with Gasteiger partial charge in [-0.2, -0.15) is 0 Å². The Bertz CT molecular complexity index is 331. The van der Waals surface area contributed by atoms with Gasteiger partial charge in [0.15, 0.2) is 0 Å². The van der Waals surface area contributed by atoms with E-state index in [2.05, 4.69) is 34.6 Å². The van der Waals surface area contributed by atoms with Crippen LogP contribution in [0.1, 0.15) is 25.5 Å². The van der Waals surface area contributed by atoms with Crippen LogP contribution in [0.25, 0.3) is 0 Å². The molecule has 0 radical (unpaired) electrons. The first-order valence-corrected chi connectivity index (χ1v) is 5.73. The Labute approximate surface area is 91.1 Å². The van der Waals surface area contributed by atoms with Crippen molar-refractivity contribution in [3.63, 3.8) is 0 Å². The smallest absolute Gasteiger partial charge is 0.205 e. The van der Waals surface area contributed by atoms with Crippen molar-refractivity contribution in [2.24, 2.45) is 12.8 Å². The molecule has 4 heteroatoms. The number of nitrogens with two attached hydrogens (primary N) is 1. The van der Waals surface area contributed by atoms with Gasteiger partial charge in [0, 0.05) is 32.4 Å². The maximum atomic E-state index is 5.97. The molecule has 0 aliphatic carbocycles. The summed E-state index contributed by atoms with van der Waals surface area (Å²) in [6, 6.07) is 0.306. The summed E-state index contributed by atoms with van der Waals surface area (Å²) in [4.78, 5) is 6.92. The number of nitrogens with zero attached hydrogens (tertiary/aromatic N) is 3. The second-order valence-electron chi connectivity index (χ2n) is 4.35. The van der Waals surface area contributed by atoms with Gasteiger partial charge >= 0.3 is 0 Å². The van der Waals surface area contributed by atoms with Gasteiger partial charge in [-0.3, -0.25) is 0 Å². The molecule has 4 nitrogen and oxygen atoms in total. The maximum absolute atomic E-state index is 5.97. The van der Waals surface area contributed by atoms with Gasteiger partial charge in [-0.25, -0.2) is 4.98 Å². The van der Waals surface area contributed by atoms with Crippen LogP contribution < -0.4 is 10.6 Å². The van der Waals surface area contributed by atoms with E-state index >= 15 is 0 Å². The Morgan fingerprint density at radius 2 is 2.40 bits per heavy atom. The molecule has 0 spiro atoms. The fourth-order valence-electron chi connectivity index (χ4n) is 2.17. The quantitative estimate of drug-likeness (QED) is 0.786. The second kappa shape index (κ2) is 4.23. The first kappa shape index (κ1) is 10.5. The van der Waals surface area contributed by atoms with Crippen molar-refractivity contribution in [2.45, 2.75) is 32.2 Å². The molecule has 0 saturated carbocycles. The molecule has 1 aliphatic heterocycles. The average Bonchev–Trinajstić information content (AvgIpc) is 2.60. The molecular formula is C11H20N4. The standard InChI is InChI=1S/C11H20N4/c1-3-10-8-14(2)11(13-10)15-6-4-5-9(12)7-15/h8-9H,3-7,12H2,1-2H3. The average molecular weight is 208 g/mol. The van der Waals surface area contributed by atoms with Crippen molar-refractivity contribution in [3.05, 3.63) is 11.9 Å². The monoisotopic (exact) mass is 208 g/mol. The zero-order chi connectivity index (χ0) is 10.8. The van der Waals surface area contributed by atoms with Crippen LogP contribution in [0, 0.1) is 0 Å². The third-order valence-corrected chi connectivity index (χ3v) is 3.00. The van der Waals surface area contributed by atoms with Crippen LogP contribution in [0.5, 0.6) is 0 Å². The molecule has 1 aliphatic rings. The molecule has 1 saturated heterocycles. The molecule has 1 fully saturated rings. The van der Waals surface area contributed by atoms with E-state index in [-0.39, 0.29) is 0 Å². The largest absolute Gasteiger partial charge is 0.341 e. The minimum atomic E-state index is 0.306. The number of hydrogen-bond acceptors (Lipinski definition) is 3. The van der Waals surface area contributed by atoms with Gasteiger partial charge in [0.2, 0.25) is 5.95 Å². The molecule has 0 bridgehead atoms. The molecule has 2 heterocycles. The molecule has 15 heavy (non-hydrogen) atoms. The minimum Gasteiger partial charge on any atom is -0.341 e. The number of aryl methyl sites for hydroxylation is 2. The number of hydrogen-bond donors (Lipinski definition) is 1.